The quantitative estimate of drug-likeness (QED) is 0.812. The lowest BCUT2D eigenvalue weighted by Gasteiger charge is -2.05. The fourth-order valence-corrected chi connectivity index (χ4v) is 1.93. The molecule has 0 saturated heterocycles. The number of hydrogen-bond donors (Lipinski definition) is 2. The number of amides is 1. The number of nitrogens with zero attached hydrogens (tertiary/aromatic N) is 2. The highest BCUT2D eigenvalue weighted by molar-refractivity contribution is 9.10. The van der Waals surface area contributed by atoms with Gasteiger partial charge in [0, 0.05) is 12.4 Å². The zero-order valence-electron chi connectivity index (χ0n) is 7.99. The first-order valence-corrected chi connectivity index (χ1v) is 5.03. The number of nitrogens with two attached hydrogens (primary N) is 2. The van der Waals surface area contributed by atoms with E-state index in [1.807, 2.05) is 6.92 Å². The summed E-state index contributed by atoms with van der Waals surface area (Å²) in [7, 11) is 0. The zero-order chi connectivity index (χ0) is 11.2. The fraction of sp³-hybridized carbons (Fsp3) is 0.111. The number of carbonyl (C=O) groups is 1. The van der Waals surface area contributed by atoms with Crippen LogP contribution in [0.2, 0.25) is 0 Å². The van der Waals surface area contributed by atoms with Crippen LogP contribution in [0.4, 0.5) is 5.69 Å². The van der Waals surface area contributed by atoms with E-state index < -0.39 is 5.91 Å². The number of imidazole rings is 1. The first-order chi connectivity index (χ1) is 7.00. The lowest BCUT2D eigenvalue weighted by molar-refractivity contribution is 0.100. The van der Waals surface area contributed by atoms with Gasteiger partial charge in [-0.05, 0) is 22.9 Å². The average Bonchev–Trinajstić information content (AvgIpc) is 2.52. The van der Waals surface area contributed by atoms with Crippen molar-refractivity contribution in [2.24, 2.45) is 5.73 Å². The summed E-state index contributed by atoms with van der Waals surface area (Å²) in [5.41, 5.74) is 13.1. The third-order valence-corrected chi connectivity index (χ3v) is 2.89. The van der Waals surface area contributed by atoms with Gasteiger partial charge in [0.05, 0.1) is 21.4 Å². The number of fused-ring (bicyclic) bond motifs is 1. The number of hydrogen-bond acceptors (Lipinski definition) is 3. The number of primary amides is 1. The first-order valence-electron chi connectivity index (χ1n) is 4.24. The molecule has 0 atom stereocenters. The molecule has 4 N–H and O–H groups in total. The van der Waals surface area contributed by atoms with Crippen LogP contribution in [0.3, 0.4) is 0 Å². The molecule has 2 rings (SSSR count). The van der Waals surface area contributed by atoms with E-state index in [-0.39, 0.29) is 5.56 Å². The van der Waals surface area contributed by atoms with E-state index in [4.69, 9.17) is 11.5 Å². The average molecular weight is 269 g/mol. The van der Waals surface area contributed by atoms with Crippen molar-refractivity contribution in [2.45, 2.75) is 6.92 Å². The summed E-state index contributed by atoms with van der Waals surface area (Å²) in [4.78, 5) is 15.4. The Hall–Kier alpha value is -1.56. The monoisotopic (exact) mass is 268 g/mol. The van der Waals surface area contributed by atoms with E-state index in [1.165, 1.54) is 0 Å². The van der Waals surface area contributed by atoms with Gasteiger partial charge in [0.1, 0.15) is 0 Å². The lowest BCUT2D eigenvalue weighted by atomic mass is 10.2. The molecule has 0 saturated carbocycles. The van der Waals surface area contributed by atoms with Crippen LogP contribution in [0.25, 0.3) is 5.65 Å². The summed E-state index contributed by atoms with van der Waals surface area (Å²) in [6.45, 7) is 1.86. The third-order valence-electron chi connectivity index (χ3n) is 2.11. The van der Waals surface area contributed by atoms with Crippen molar-refractivity contribution >= 4 is 33.2 Å². The topological polar surface area (TPSA) is 86.4 Å². The summed E-state index contributed by atoms with van der Waals surface area (Å²) < 4.78 is 2.31. The molecule has 1 amide bonds. The number of aromatic nitrogens is 2. The SMILES string of the molecule is Cc1cn2cc(C(N)=O)c(N)c(Br)c2n1. The van der Waals surface area contributed by atoms with Crippen LogP contribution in [0, 0.1) is 6.92 Å². The maximum atomic E-state index is 11.1. The summed E-state index contributed by atoms with van der Waals surface area (Å²) in [6, 6.07) is 0. The molecule has 0 aliphatic heterocycles. The normalized spacial score (nSPS) is 10.8. The van der Waals surface area contributed by atoms with Gasteiger partial charge in [-0.2, -0.15) is 0 Å². The van der Waals surface area contributed by atoms with Crippen molar-refractivity contribution in [3.05, 3.63) is 28.1 Å². The minimum absolute atomic E-state index is 0.284. The van der Waals surface area contributed by atoms with Gasteiger partial charge in [-0.15, -0.1) is 0 Å². The van der Waals surface area contributed by atoms with Crippen molar-refractivity contribution in [3.8, 4) is 0 Å². The van der Waals surface area contributed by atoms with E-state index in [2.05, 4.69) is 20.9 Å². The van der Waals surface area contributed by atoms with Crippen LogP contribution in [0.5, 0.6) is 0 Å². The molecule has 15 heavy (non-hydrogen) atoms. The van der Waals surface area contributed by atoms with Crippen LogP contribution in [0.1, 0.15) is 16.1 Å². The van der Waals surface area contributed by atoms with Gasteiger partial charge < -0.3 is 15.9 Å². The van der Waals surface area contributed by atoms with Crippen LogP contribution in [0.15, 0.2) is 16.9 Å². The fourth-order valence-electron chi connectivity index (χ4n) is 1.42. The predicted octanol–water partition coefficient (Wildman–Crippen LogP) is 1.09. The van der Waals surface area contributed by atoms with Crippen molar-refractivity contribution in [1.29, 1.82) is 0 Å². The molecule has 2 heterocycles. The lowest BCUT2D eigenvalue weighted by Crippen LogP contribution is -2.15. The number of aryl methyl sites for hydroxylation is 1. The number of rotatable bonds is 1. The minimum atomic E-state index is -0.554. The summed E-state index contributed by atoms with van der Waals surface area (Å²) in [5, 5.41) is 0. The molecule has 0 radical (unpaired) electrons. The Balaban J connectivity index is 2.87. The molecule has 0 fully saturated rings. The Morgan fingerprint density at radius 1 is 1.53 bits per heavy atom. The Morgan fingerprint density at radius 2 is 2.20 bits per heavy atom. The number of nitrogen functional groups attached to an aromatic ring is 1. The van der Waals surface area contributed by atoms with Crippen LogP contribution in [-0.4, -0.2) is 15.3 Å². The van der Waals surface area contributed by atoms with Gasteiger partial charge in [0.25, 0.3) is 5.91 Å². The Bertz CT molecular complexity index is 561. The standard InChI is InChI=1S/C9H9BrN4O/c1-4-2-14-3-5(8(12)15)7(11)6(10)9(14)13-4/h2-3H,11H2,1H3,(H2,12,15). The molecule has 0 aromatic carbocycles. The van der Waals surface area contributed by atoms with Crippen molar-refractivity contribution in [1.82, 2.24) is 9.38 Å². The zero-order valence-corrected chi connectivity index (χ0v) is 9.58. The molecule has 2 aromatic heterocycles. The van der Waals surface area contributed by atoms with Gasteiger partial charge in [0.15, 0.2) is 5.65 Å². The van der Waals surface area contributed by atoms with Gasteiger partial charge in [-0.25, -0.2) is 4.98 Å². The number of carbonyl (C=O) groups excluding carboxylic acids is 1. The summed E-state index contributed by atoms with van der Waals surface area (Å²) >= 11 is 3.30. The van der Waals surface area contributed by atoms with E-state index in [0.29, 0.717) is 15.8 Å². The molecular formula is C9H9BrN4O. The second kappa shape index (κ2) is 3.23. The van der Waals surface area contributed by atoms with Gasteiger partial charge in [0.2, 0.25) is 0 Å². The highest BCUT2D eigenvalue weighted by Gasteiger charge is 2.14. The molecular weight excluding hydrogens is 260 g/mol. The molecule has 0 bridgehead atoms. The molecule has 0 spiro atoms. The smallest absolute Gasteiger partial charge is 0.252 e. The molecule has 2 aromatic rings. The molecule has 5 nitrogen and oxygen atoms in total. The Labute approximate surface area is 94.2 Å². The van der Waals surface area contributed by atoms with E-state index in [1.54, 1.807) is 16.8 Å². The minimum Gasteiger partial charge on any atom is -0.397 e. The van der Waals surface area contributed by atoms with Crippen molar-refractivity contribution in [3.63, 3.8) is 0 Å². The summed E-state index contributed by atoms with van der Waals surface area (Å²) in [6.07, 6.45) is 3.38. The molecule has 78 valence electrons. The van der Waals surface area contributed by atoms with Crippen molar-refractivity contribution < 1.29 is 4.79 Å². The second-order valence-corrected chi connectivity index (χ2v) is 4.04. The summed E-state index contributed by atoms with van der Waals surface area (Å²) in [5.74, 6) is -0.554. The predicted molar refractivity (Wildman–Crippen MR) is 60.6 cm³/mol. The second-order valence-electron chi connectivity index (χ2n) is 3.25. The largest absolute Gasteiger partial charge is 0.397 e. The van der Waals surface area contributed by atoms with Crippen LogP contribution >= 0.6 is 15.9 Å². The van der Waals surface area contributed by atoms with Crippen LogP contribution < -0.4 is 11.5 Å². The van der Waals surface area contributed by atoms with E-state index in [0.717, 1.165) is 5.69 Å². The van der Waals surface area contributed by atoms with Gasteiger partial charge in [-0.3, -0.25) is 4.79 Å². The van der Waals surface area contributed by atoms with Gasteiger partial charge >= 0.3 is 0 Å². The maximum absolute atomic E-state index is 11.1. The Morgan fingerprint density at radius 3 is 2.80 bits per heavy atom. The number of pyridine rings is 1. The molecule has 6 heteroatoms. The molecule has 0 aliphatic rings. The van der Waals surface area contributed by atoms with E-state index in [9.17, 15) is 4.79 Å². The number of halogens is 1. The highest BCUT2D eigenvalue weighted by atomic mass is 79.9. The molecule has 0 unspecified atom stereocenters. The number of anilines is 1. The van der Waals surface area contributed by atoms with Crippen LogP contribution in [-0.2, 0) is 0 Å². The molecule has 0 aliphatic carbocycles. The Kier molecular flexibility index (Phi) is 2.15. The van der Waals surface area contributed by atoms with Gasteiger partial charge in [-0.1, -0.05) is 0 Å². The maximum Gasteiger partial charge on any atom is 0.252 e. The van der Waals surface area contributed by atoms with Crippen molar-refractivity contribution in [2.75, 3.05) is 5.73 Å². The highest BCUT2D eigenvalue weighted by Crippen LogP contribution is 2.27. The first kappa shape index (κ1) is 9.97. The third kappa shape index (κ3) is 1.46. The van der Waals surface area contributed by atoms with E-state index >= 15 is 0 Å².